The van der Waals surface area contributed by atoms with E-state index in [1.807, 2.05) is 19.1 Å². The molecule has 18 heavy (non-hydrogen) atoms. The first kappa shape index (κ1) is 12.9. The van der Waals surface area contributed by atoms with E-state index in [2.05, 4.69) is 11.4 Å². The van der Waals surface area contributed by atoms with Gasteiger partial charge < -0.3 is 9.47 Å². The van der Waals surface area contributed by atoms with Gasteiger partial charge in [0, 0.05) is 6.54 Å². The van der Waals surface area contributed by atoms with Crippen molar-refractivity contribution in [1.29, 1.82) is 0 Å². The topological polar surface area (TPSA) is 47.6 Å². The zero-order chi connectivity index (χ0) is 13.2. The molecule has 1 aromatic carbocycles. The minimum atomic E-state index is -0.442. The van der Waals surface area contributed by atoms with E-state index in [0.717, 1.165) is 29.7 Å². The molecule has 1 saturated carbocycles. The number of rotatable bonds is 5. The Labute approximate surface area is 107 Å². The van der Waals surface area contributed by atoms with Crippen LogP contribution in [-0.2, 0) is 16.1 Å². The molecule has 4 nitrogen and oxygen atoms in total. The van der Waals surface area contributed by atoms with Gasteiger partial charge in [-0.25, -0.2) is 0 Å². The molecule has 1 aliphatic rings. The van der Waals surface area contributed by atoms with E-state index < -0.39 is 5.54 Å². The summed E-state index contributed by atoms with van der Waals surface area (Å²) >= 11 is 0. The van der Waals surface area contributed by atoms with Gasteiger partial charge in [0.2, 0.25) is 0 Å². The van der Waals surface area contributed by atoms with E-state index in [9.17, 15) is 4.79 Å². The number of hydrogen-bond acceptors (Lipinski definition) is 4. The molecule has 2 rings (SSSR count). The molecule has 1 aliphatic carbocycles. The van der Waals surface area contributed by atoms with E-state index in [4.69, 9.17) is 9.47 Å². The Balaban J connectivity index is 1.99. The third kappa shape index (κ3) is 2.48. The Kier molecular flexibility index (Phi) is 3.57. The molecule has 1 aromatic rings. The summed E-state index contributed by atoms with van der Waals surface area (Å²) in [6.07, 6.45) is 1.71. The highest BCUT2D eigenvalue weighted by atomic mass is 16.5. The van der Waals surface area contributed by atoms with Gasteiger partial charge in [-0.05, 0) is 37.0 Å². The van der Waals surface area contributed by atoms with Crippen molar-refractivity contribution in [3.8, 4) is 5.75 Å². The summed E-state index contributed by atoms with van der Waals surface area (Å²) in [4.78, 5) is 11.6. The Bertz CT molecular complexity index is 452. The van der Waals surface area contributed by atoms with E-state index >= 15 is 0 Å². The van der Waals surface area contributed by atoms with Gasteiger partial charge in [-0.15, -0.1) is 0 Å². The van der Waals surface area contributed by atoms with Crippen LogP contribution >= 0.6 is 0 Å². The molecule has 0 amide bonds. The molecule has 98 valence electrons. The molecule has 0 bridgehead atoms. The van der Waals surface area contributed by atoms with Crippen molar-refractivity contribution in [3.05, 3.63) is 29.3 Å². The van der Waals surface area contributed by atoms with Crippen LogP contribution in [-0.4, -0.2) is 25.7 Å². The Morgan fingerprint density at radius 3 is 2.61 bits per heavy atom. The number of hydrogen-bond donors (Lipinski definition) is 1. The maximum atomic E-state index is 11.6. The average molecular weight is 249 g/mol. The van der Waals surface area contributed by atoms with E-state index in [-0.39, 0.29) is 5.97 Å². The standard InChI is InChI=1S/C14H19NO3/c1-10-8-11(4-5-12(10)17-2)9-15-14(6-7-14)13(16)18-3/h4-5,8,15H,6-7,9H2,1-3H3. The highest BCUT2D eigenvalue weighted by Gasteiger charge is 2.50. The van der Waals surface area contributed by atoms with Crippen LogP contribution in [0.15, 0.2) is 18.2 Å². The molecule has 0 saturated heterocycles. The van der Waals surface area contributed by atoms with Gasteiger partial charge in [-0.3, -0.25) is 10.1 Å². The molecular weight excluding hydrogens is 230 g/mol. The summed E-state index contributed by atoms with van der Waals surface area (Å²) in [5.41, 5.74) is 1.80. The summed E-state index contributed by atoms with van der Waals surface area (Å²) in [6.45, 7) is 2.68. The number of esters is 1. The molecule has 0 spiro atoms. The smallest absolute Gasteiger partial charge is 0.326 e. The number of carbonyl (C=O) groups is 1. The fourth-order valence-electron chi connectivity index (χ4n) is 2.10. The minimum absolute atomic E-state index is 0.160. The third-order valence-corrected chi connectivity index (χ3v) is 3.42. The lowest BCUT2D eigenvalue weighted by atomic mass is 10.1. The second kappa shape index (κ2) is 4.98. The number of nitrogens with one attached hydrogen (secondary N) is 1. The Hall–Kier alpha value is -1.55. The molecule has 0 unspecified atom stereocenters. The average Bonchev–Trinajstić information content (AvgIpc) is 3.17. The quantitative estimate of drug-likeness (QED) is 0.808. The molecular formula is C14H19NO3. The van der Waals surface area contributed by atoms with Crippen LogP contribution in [0.4, 0.5) is 0 Å². The lowest BCUT2D eigenvalue weighted by Gasteiger charge is -2.15. The van der Waals surface area contributed by atoms with Crippen LogP contribution in [0.5, 0.6) is 5.75 Å². The van der Waals surface area contributed by atoms with Gasteiger partial charge in [0.25, 0.3) is 0 Å². The number of benzene rings is 1. The fourth-order valence-corrected chi connectivity index (χ4v) is 2.10. The van der Waals surface area contributed by atoms with Crippen molar-refractivity contribution in [2.45, 2.75) is 31.8 Å². The Morgan fingerprint density at radius 1 is 1.39 bits per heavy atom. The summed E-state index contributed by atoms with van der Waals surface area (Å²) in [7, 11) is 3.10. The zero-order valence-corrected chi connectivity index (χ0v) is 11.1. The lowest BCUT2D eigenvalue weighted by Crippen LogP contribution is -2.39. The lowest BCUT2D eigenvalue weighted by molar-refractivity contribution is -0.144. The molecule has 4 heteroatoms. The largest absolute Gasteiger partial charge is 0.496 e. The normalized spacial score (nSPS) is 16.2. The van der Waals surface area contributed by atoms with Gasteiger partial charge >= 0.3 is 5.97 Å². The predicted octanol–water partition coefficient (Wildman–Crippen LogP) is 1.80. The van der Waals surface area contributed by atoms with Crippen LogP contribution < -0.4 is 10.1 Å². The molecule has 0 atom stereocenters. The van der Waals surface area contributed by atoms with Crippen molar-refractivity contribution >= 4 is 5.97 Å². The van der Waals surface area contributed by atoms with Crippen molar-refractivity contribution in [3.63, 3.8) is 0 Å². The summed E-state index contributed by atoms with van der Waals surface area (Å²) in [5.74, 6) is 0.723. The number of ether oxygens (including phenoxy) is 2. The first-order valence-electron chi connectivity index (χ1n) is 6.08. The third-order valence-electron chi connectivity index (χ3n) is 3.42. The maximum absolute atomic E-state index is 11.6. The SMILES string of the molecule is COC(=O)C1(NCc2ccc(OC)c(C)c2)CC1. The Morgan fingerprint density at radius 2 is 2.11 bits per heavy atom. The van der Waals surface area contributed by atoms with Crippen molar-refractivity contribution in [1.82, 2.24) is 5.32 Å². The van der Waals surface area contributed by atoms with Crippen LogP contribution in [0.3, 0.4) is 0 Å². The van der Waals surface area contributed by atoms with Crippen molar-refractivity contribution in [2.75, 3.05) is 14.2 Å². The van der Waals surface area contributed by atoms with Crippen LogP contribution in [0.1, 0.15) is 24.0 Å². The highest BCUT2D eigenvalue weighted by Crippen LogP contribution is 2.36. The predicted molar refractivity (Wildman–Crippen MR) is 68.6 cm³/mol. The molecule has 1 fully saturated rings. The van der Waals surface area contributed by atoms with Gasteiger partial charge in [0.1, 0.15) is 11.3 Å². The molecule has 0 heterocycles. The second-order valence-electron chi connectivity index (χ2n) is 4.73. The van der Waals surface area contributed by atoms with Gasteiger partial charge in [-0.1, -0.05) is 12.1 Å². The van der Waals surface area contributed by atoms with Crippen molar-refractivity contribution in [2.24, 2.45) is 0 Å². The summed E-state index contributed by atoms with van der Waals surface area (Å²) in [5, 5.41) is 3.29. The summed E-state index contributed by atoms with van der Waals surface area (Å²) < 4.78 is 10.0. The highest BCUT2D eigenvalue weighted by molar-refractivity contribution is 5.84. The number of aryl methyl sites for hydroxylation is 1. The fraction of sp³-hybridized carbons (Fsp3) is 0.500. The van der Waals surface area contributed by atoms with Crippen LogP contribution in [0, 0.1) is 6.92 Å². The monoisotopic (exact) mass is 249 g/mol. The van der Waals surface area contributed by atoms with E-state index in [1.54, 1.807) is 7.11 Å². The van der Waals surface area contributed by atoms with Gasteiger partial charge in [0.15, 0.2) is 0 Å². The number of methoxy groups -OCH3 is 2. The number of carbonyl (C=O) groups excluding carboxylic acids is 1. The van der Waals surface area contributed by atoms with Crippen LogP contribution in [0.2, 0.25) is 0 Å². The van der Waals surface area contributed by atoms with Gasteiger partial charge in [-0.2, -0.15) is 0 Å². The first-order valence-corrected chi connectivity index (χ1v) is 6.08. The maximum Gasteiger partial charge on any atom is 0.326 e. The molecule has 0 aliphatic heterocycles. The van der Waals surface area contributed by atoms with Crippen molar-refractivity contribution < 1.29 is 14.3 Å². The first-order chi connectivity index (χ1) is 8.61. The zero-order valence-electron chi connectivity index (χ0n) is 11.1. The van der Waals surface area contributed by atoms with Gasteiger partial charge in [0.05, 0.1) is 14.2 Å². The molecule has 0 aromatic heterocycles. The van der Waals surface area contributed by atoms with E-state index in [0.29, 0.717) is 6.54 Å². The summed E-state index contributed by atoms with van der Waals surface area (Å²) in [6, 6.07) is 6.02. The molecule has 1 N–H and O–H groups in total. The van der Waals surface area contributed by atoms with Crippen LogP contribution in [0.25, 0.3) is 0 Å². The van der Waals surface area contributed by atoms with E-state index in [1.165, 1.54) is 7.11 Å². The minimum Gasteiger partial charge on any atom is -0.496 e. The molecule has 0 radical (unpaired) electrons. The second-order valence-corrected chi connectivity index (χ2v) is 4.73.